The van der Waals surface area contributed by atoms with Gasteiger partial charge in [-0.25, -0.2) is 0 Å². The first-order valence-electron chi connectivity index (χ1n) is 5.31. The zero-order chi connectivity index (χ0) is 11.5. The smallest absolute Gasteiger partial charge is 0.123 e. The summed E-state index contributed by atoms with van der Waals surface area (Å²) < 4.78 is 10.7. The number of benzene rings is 1. The van der Waals surface area contributed by atoms with Gasteiger partial charge in [-0.05, 0) is 25.2 Å². The first-order chi connectivity index (χ1) is 7.80. The molecule has 0 saturated carbocycles. The minimum Gasteiger partial charge on any atom is -0.497 e. The second-order valence-electron chi connectivity index (χ2n) is 3.76. The van der Waals surface area contributed by atoms with E-state index >= 15 is 0 Å². The molecular weight excluding hydrogens is 222 g/mol. The van der Waals surface area contributed by atoms with Crippen LogP contribution in [0.3, 0.4) is 0 Å². The third-order valence-corrected chi connectivity index (χ3v) is 4.43. The fourth-order valence-corrected chi connectivity index (χ4v) is 3.14. The average Bonchev–Trinajstić information content (AvgIpc) is 2.28. The SMILES string of the molecule is CNC1CSC1c1cc(OC)ccc1OC. The minimum atomic E-state index is 0.468. The number of methoxy groups -OCH3 is 2. The van der Waals surface area contributed by atoms with Crippen molar-refractivity contribution in [2.75, 3.05) is 27.0 Å². The van der Waals surface area contributed by atoms with Crippen LogP contribution in [0.2, 0.25) is 0 Å². The zero-order valence-corrected chi connectivity index (χ0v) is 10.6. The number of likely N-dealkylation sites (N-methyl/N-ethyl adjacent to an activating group) is 1. The second kappa shape index (κ2) is 4.97. The van der Waals surface area contributed by atoms with Crippen LogP contribution in [0.25, 0.3) is 0 Å². The Hall–Kier alpha value is -0.870. The molecule has 1 N–H and O–H groups in total. The maximum absolute atomic E-state index is 5.40. The standard InChI is InChI=1S/C12H17NO2S/c1-13-10-7-16-12(10)9-6-8(14-2)4-5-11(9)15-3/h4-6,10,12-13H,7H2,1-3H3. The average molecular weight is 239 g/mol. The van der Waals surface area contributed by atoms with Gasteiger partial charge in [0, 0.05) is 22.6 Å². The summed E-state index contributed by atoms with van der Waals surface area (Å²) in [6, 6.07) is 6.51. The highest BCUT2D eigenvalue weighted by molar-refractivity contribution is 8.01. The molecule has 1 aliphatic rings. The topological polar surface area (TPSA) is 30.5 Å². The van der Waals surface area contributed by atoms with E-state index in [0.29, 0.717) is 11.3 Å². The predicted octanol–water partition coefficient (Wildman–Crippen LogP) is 2.08. The summed E-state index contributed by atoms with van der Waals surface area (Å²) >= 11 is 1.94. The van der Waals surface area contributed by atoms with Crippen LogP contribution in [-0.4, -0.2) is 33.1 Å². The van der Waals surface area contributed by atoms with E-state index in [-0.39, 0.29) is 0 Å². The number of ether oxygens (including phenoxy) is 2. The summed E-state index contributed by atoms with van der Waals surface area (Å²) in [5.74, 6) is 2.98. The monoisotopic (exact) mass is 239 g/mol. The van der Waals surface area contributed by atoms with Crippen molar-refractivity contribution in [2.24, 2.45) is 0 Å². The van der Waals surface area contributed by atoms with Crippen molar-refractivity contribution < 1.29 is 9.47 Å². The molecule has 1 saturated heterocycles. The first-order valence-corrected chi connectivity index (χ1v) is 6.35. The van der Waals surface area contributed by atoms with Crippen molar-refractivity contribution in [3.05, 3.63) is 23.8 Å². The van der Waals surface area contributed by atoms with E-state index in [4.69, 9.17) is 9.47 Å². The van der Waals surface area contributed by atoms with E-state index in [1.54, 1.807) is 14.2 Å². The van der Waals surface area contributed by atoms with Crippen molar-refractivity contribution in [3.63, 3.8) is 0 Å². The molecule has 0 aromatic heterocycles. The zero-order valence-electron chi connectivity index (χ0n) is 9.82. The summed E-state index contributed by atoms with van der Waals surface area (Å²) in [7, 11) is 5.40. The van der Waals surface area contributed by atoms with Crippen molar-refractivity contribution in [3.8, 4) is 11.5 Å². The number of nitrogens with one attached hydrogen (secondary N) is 1. The minimum absolute atomic E-state index is 0.468. The van der Waals surface area contributed by atoms with Gasteiger partial charge in [-0.3, -0.25) is 0 Å². The Morgan fingerprint density at radius 1 is 1.31 bits per heavy atom. The maximum Gasteiger partial charge on any atom is 0.123 e. The van der Waals surface area contributed by atoms with Crippen LogP contribution in [0.15, 0.2) is 18.2 Å². The molecule has 2 unspecified atom stereocenters. The molecule has 1 aromatic carbocycles. The third-order valence-electron chi connectivity index (χ3n) is 2.93. The molecule has 1 aromatic rings. The van der Waals surface area contributed by atoms with Gasteiger partial charge in [0.1, 0.15) is 11.5 Å². The molecule has 1 heterocycles. The highest BCUT2D eigenvalue weighted by Gasteiger charge is 2.33. The van der Waals surface area contributed by atoms with Gasteiger partial charge in [-0.1, -0.05) is 0 Å². The highest BCUT2D eigenvalue weighted by atomic mass is 32.2. The van der Waals surface area contributed by atoms with E-state index in [9.17, 15) is 0 Å². The lowest BCUT2D eigenvalue weighted by Crippen LogP contribution is -2.40. The van der Waals surface area contributed by atoms with E-state index < -0.39 is 0 Å². The number of hydrogen-bond acceptors (Lipinski definition) is 4. The van der Waals surface area contributed by atoms with Crippen LogP contribution in [0.5, 0.6) is 11.5 Å². The Balaban J connectivity index is 2.29. The van der Waals surface area contributed by atoms with E-state index in [0.717, 1.165) is 17.3 Å². The predicted molar refractivity (Wildman–Crippen MR) is 67.6 cm³/mol. The molecule has 4 heteroatoms. The fraction of sp³-hybridized carbons (Fsp3) is 0.500. The van der Waals surface area contributed by atoms with E-state index in [2.05, 4.69) is 11.4 Å². The van der Waals surface area contributed by atoms with Gasteiger partial charge < -0.3 is 14.8 Å². The first kappa shape index (κ1) is 11.6. The quantitative estimate of drug-likeness (QED) is 0.871. The number of rotatable bonds is 4. The second-order valence-corrected chi connectivity index (χ2v) is 4.93. The Labute approximate surface area is 101 Å². The van der Waals surface area contributed by atoms with Gasteiger partial charge in [0.25, 0.3) is 0 Å². The molecule has 2 atom stereocenters. The Kier molecular flexibility index (Phi) is 3.61. The molecule has 0 aliphatic carbocycles. The van der Waals surface area contributed by atoms with Gasteiger partial charge >= 0.3 is 0 Å². The van der Waals surface area contributed by atoms with Crippen molar-refractivity contribution in [1.29, 1.82) is 0 Å². The van der Waals surface area contributed by atoms with Gasteiger partial charge in [-0.2, -0.15) is 11.8 Å². The van der Waals surface area contributed by atoms with E-state index in [1.807, 2.05) is 30.9 Å². The fourth-order valence-electron chi connectivity index (χ4n) is 1.89. The molecule has 1 aliphatic heterocycles. The lowest BCUT2D eigenvalue weighted by atomic mass is 10.0. The maximum atomic E-state index is 5.40. The van der Waals surface area contributed by atoms with Crippen molar-refractivity contribution in [1.82, 2.24) is 5.32 Å². The lowest BCUT2D eigenvalue weighted by Gasteiger charge is -2.36. The summed E-state index contributed by atoms with van der Waals surface area (Å²) in [5.41, 5.74) is 1.22. The molecule has 16 heavy (non-hydrogen) atoms. The van der Waals surface area contributed by atoms with E-state index in [1.165, 1.54) is 5.56 Å². The summed E-state index contributed by atoms with van der Waals surface area (Å²) in [5, 5.41) is 3.79. The highest BCUT2D eigenvalue weighted by Crippen LogP contribution is 2.46. The van der Waals surface area contributed by atoms with Gasteiger partial charge in [0.2, 0.25) is 0 Å². The van der Waals surface area contributed by atoms with Gasteiger partial charge in [0.05, 0.1) is 14.2 Å². The summed E-state index contributed by atoms with van der Waals surface area (Å²) in [4.78, 5) is 0. The van der Waals surface area contributed by atoms with Crippen LogP contribution in [0.4, 0.5) is 0 Å². The normalized spacial score (nSPS) is 23.7. The third kappa shape index (κ3) is 1.99. The Morgan fingerprint density at radius 3 is 2.62 bits per heavy atom. The summed E-state index contributed by atoms with van der Waals surface area (Å²) in [6.45, 7) is 0. The Bertz CT molecular complexity index is 368. The lowest BCUT2D eigenvalue weighted by molar-refractivity contribution is 0.395. The van der Waals surface area contributed by atoms with Crippen LogP contribution in [0.1, 0.15) is 10.8 Å². The molecule has 0 bridgehead atoms. The number of hydrogen-bond donors (Lipinski definition) is 1. The molecule has 0 radical (unpaired) electrons. The van der Waals surface area contributed by atoms with Crippen LogP contribution < -0.4 is 14.8 Å². The molecular formula is C12H17NO2S. The molecule has 0 spiro atoms. The number of thioether (sulfide) groups is 1. The van der Waals surface area contributed by atoms with Gasteiger partial charge in [-0.15, -0.1) is 0 Å². The van der Waals surface area contributed by atoms with Crippen molar-refractivity contribution >= 4 is 11.8 Å². The van der Waals surface area contributed by atoms with Crippen LogP contribution in [0, 0.1) is 0 Å². The van der Waals surface area contributed by atoms with Crippen LogP contribution in [-0.2, 0) is 0 Å². The summed E-state index contributed by atoms with van der Waals surface area (Å²) in [6.07, 6.45) is 0. The van der Waals surface area contributed by atoms with Gasteiger partial charge in [0.15, 0.2) is 0 Å². The molecule has 3 nitrogen and oxygen atoms in total. The van der Waals surface area contributed by atoms with Crippen LogP contribution >= 0.6 is 11.8 Å². The Morgan fingerprint density at radius 2 is 2.12 bits per heavy atom. The molecule has 1 fully saturated rings. The molecule has 88 valence electrons. The molecule has 0 amide bonds. The largest absolute Gasteiger partial charge is 0.497 e. The molecule has 2 rings (SSSR count). The van der Waals surface area contributed by atoms with Crippen molar-refractivity contribution in [2.45, 2.75) is 11.3 Å².